The number of ether oxygens (including phenoxy) is 1. The minimum Gasteiger partial charge on any atom is -0.465 e. The molecule has 1 rings (SSSR count). The Bertz CT molecular complexity index is 413. The molecule has 86 valence electrons. The minimum atomic E-state index is -0.441. The number of ketones is 1. The zero-order valence-corrected chi connectivity index (χ0v) is 10.0. The van der Waals surface area contributed by atoms with Gasteiger partial charge in [-0.3, -0.25) is 4.79 Å². The number of aryl methyl sites for hydroxylation is 1. The summed E-state index contributed by atoms with van der Waals surface area (Å²) < 4.78 is 4.61. The van der Waals surface area contributed by atoms with E-state index in [1.165, 1.54) is 13.2 Å². The number of esters is 1. The molecule has 0 aliphatic carbocycles. The van der Waals surface area contributed by atoms with Gasteiger partial charge in [0.25, 0.3) is 0 Å². The summed E-state index contributed by atoms with van der Waals surface area (Å²) in [5.41, 5.74) is 1.74. The van der Waals surface area contributed by atoms with Gasteiger partial charge in [0.05, 0.1) is 12.7 Å². The van der Waals surface area contributed by atoms with Gasteiger partial charge in [0.2, 0.25) is 0 Å². The van der Waals surface area contributed by atoms with Gasteiger partial charge in [-0.1, -0.05) is 0 Å². The molecule has 0 aromatic heterocycles. The Kier molecular flexibility index (Phi) is 4.50. The first-order valence-corrected chi connectivity index (χ1v) is 5.41. The molecule has 0 heterocycles. The van der Waals surface area contributed by atoms with Crippen molar-refractivity contribution in [3.05, 3.63) is 34.9 Å². The van der Waals surface area contributed by atoms with Crippen molar-refractivity contribution < 1.29 is 14.3 Å². The highest BCUT2D eigenvalue weighted by Crippen LogP contribution is 2.13. The van der Waals surface area contributed by atoms with E-state index in [0.29, 0.717) is 11.1 Å². The van der Waals surface area contributed by atoms with Gasteiger partial charge in [-0.25, -0.2) is 4.79 Å². The zero-order valence-electron chi connectivity index (χ0n) is 9.25. The van der Waals surface area contributed by atoms with Crippen LogP contribution in [0.2, 0.25) is 0 Å². The predicted molar refractivity (Wildman–Crippen MR) is 62.2 cm³/mol. The zero-order chi connectivity index (χ0) is 12.1. The number of carbonyl (C=O) groups is 2. The number of benzene rings is 1. The van der Waals surface area contributed by atoms with E-state index in [9.17, 15) is 9.59 Å². The van der Waals surface area contributed by atoms with E-state index >= 15 is 0 Å². The van der Waals surface area contributed by atoms with Gasteiger partial charge in [0.15, 0.2) is 5.78 Å². The van der Waals surface area contributed by atoms with Crippen LogP contribution in [0.3, 0.4) is 0 Å². The molecule has 0 aliphatic rings. The SMILES string of the molecule is COC(=O)c1cc(C)cc(C(=O)CCCl)c1. The first-order valence-electron chi connectivity index (χ1n) is 4.87. The Morgan fingerprint density at radius 2 is 1.88 bits per heavy atom. The summed E-state index contributed by atoms with van der Waals surface area (Å²) in [5.74, 6) is -0.229. The normalized spacial score (nSPS) is 9.94. The molecule has 0 spiro atoms. The second kappa shape index (κ2) is 5.66. The third kappa shape index (κ3) is 3.07. The lowest BCUT2D eigenvalue weighted by Gasteiger charge is -2.05. The molecule has 0 radical (unpaired) electrons. The Morgan fingerprint density at radius 3 is 2.44 bits per heavy atom. The first-order chi connectivity index (χ1) is 7.58. The van der Waals surface area contributed by atoms with Crippen LogP contribution in [0.15, 0.2) is 18.2 Å². The summed E-state index contributed by atoms with van der Waals surface area (Å²) in [6.45, 7) is 1.82. The molecular weight excluding hydrogens is 228 g/mol. The largest absolute Gasteiger partial charge is 0.465 e. The van der Waals surface area contributed by atoms with Crippen molar-refractivity contribution in [1.82, 2.24) is 0 Å². The van der Waals surface area contributed by atoms with Crippen molar-refractivity contribution in [2.75, 3.05) is 13.0 Å². The van der Waals surface area contributed by atoms with Crippen LogP contribution in [0, 0.1) is 6.92 Å². The maximum absolute atomic E-state index is 11.6. The Hall–Kier alpha value is -1.35. The molecule has 1 aromatic rings. The van der Waals surface area contributed by atoms with Crippen LogP contribution in [0.25, 0.3) is 0 Å². The number of Topliss-reactive ketones (excluding diaryl/α,β-unsaturated/α-hetero) is 1. The average Bonchev–Trinajstić information content (AvgIpc) is 2.27. The molecule has 0 aliphatic heterocycles. The summed E-state index contributed by atoms with van der Waals surface area (Å²) in [7, 11) is 1.31. The first kappa shape index (κ1) is 12.7. The molecule has 16 heavy (non-hydrogen) atoms. The molecular formula is C12H13ClO3. The van der Waals surface area contributed by atoms with Crippen LogP contribution >= 0.6 is 11.6 Å². The van der Waals surface area contributed by atoms with E-state index < -0.39 is 5.97 Å². The molecule has 1 aromatic carbocycles. The van der Waals surface area contributed by atoms with Gasteiger partial charge in [-0.15, -0.1) is 11.6 Å². The van der Waals surface area contributed by atoms with E-state index in [4.69, 9.17) is 11.6 Å². The molecule has 0 saturated heterocycles. The molecule has 3 nitrogen and oxygen atoms in total. The number of rotatable bonds is 4. The van der Waals surface area contributed by atoms with Crippen molar-refractivity contribution >= 4 is 23.4 Å². The van der Waals surface area contributed by atoms with Crippen molar-refractivity contribution in [3.63, 3.8) is 0 Å². The van der Waals surface area contributed by atoms with Gasteiger partial charge >= 0.3 is 5.97 Å². The number of hydrogen-bond acceptors (Lipinski definition) is 3. The van der Waals surface area contributed by atoms with Gasteiger partial charge < -0.3 is 4.74 Å². The van der Waals surface area contributed by atoms with Crippen molar-refractivity contribution in [1.29, 1.82) is 0 Å². The van der Waals surface area contributed by atoms with Crippen LogP contribution in [0.4, 0.5) is 0 Å². The van der Waals surface area contributed by atoms with Crippen molar-refractivity contribution in [2.45, 2.75) is 13.3 Å². The Morgan fingerprint density at radius 1 is 1.25 bits per heavy atom. The lowest BCUT2D eigenvalue weighted by Crippen LogP contribution is -2.06. The average molecular weight is 241 g/mol. The Balaban J connectivity index is 3.07. The quantitative estimate of drug-likeness (QED) is 0.462. The van der Waals surface area contributed by atoms with Crippen molar-refractivity contribution in [3.8, 4) is 0 Å². The van der Waals surface area contributed by atoms with E-state index in [1.54, 1.807) is 12.1 Å². The standard InChI is InChI=1S/C12H13ClO3/c1-8-5-9(11(14)3-4-13)7-10(6-8)12(15)16-2/h5-7H,3-4H2,1-2H3. The topological polar surface area (TPSA) is 43.4 Å². The van der Waals surface area contributed by atoms with Crippen LogP contribution in [-0.4, -0.2) is 24.7 Å². The third-order valence-electron chi connectivity index (χ3n) is 2.14. The third-order valence-corrected chi connectivity index (χ3v) is 2.33. The second-order valence-corrected chi connectivity index (χ2v) is 3.82. The van der Waals surface area contributed by atoms with E-state index in [1.807, 2.05) is 6.92 Å². The highest BCUT2D eigenvalue weighted by molar-refractivity contribution is 6.19. The molecule has 0 atom stereocenters. The van der Waals surface area contributed by atoms with E-state index in [0.717, 1.165) is 5.56 Å². The fraction of sp³-hybridized carbons (Fsp3) is 0.333. The van der Waals surface area contributed by atoms with Crippen LogP contribution < -0.4 is 0 Å². The maximum Gasteiger partial charge on any atom is 0.337 e. The smallest absolute Gasteiger partial charge is 0.337 e. The minimum absolute atomic E-state index is 0.0659. The van der Waals surface area contributed by atoms with Gasteiger partial charge in [0, 0.05) is 17.9 Å². The van der Waals surface area contributed by atoms with Crippen LogP contribution in [-0.2, 0) is 4.74 Å². The van der Waals surface area contributed by atoms with Crippen LogP contribution in [0.1, 0.15) is 32.7 Å². The summed E-state index contributed by atoms with van der Waals surface area (Å²) in [6.07, 6.45) is 0.269. The predicted octanol–water partition coefficient (Wildman–Crippen LogP) is 2.59. The molecule has 4 heteroatoms. The molecule has 0 amide bonds. The highest BCUT2D eigenvalue weighted by Gasteiger charge is 2.11. The molecule has 0 N–H and O–H groups in total. The lowest BCUT2D eigenvalue weighted by molar-refractivity contribution is 0.0600. The number of carbonyl (C=O) groups excluding carboxylic acids is 2. The number of alkyl halides is 1. The summed E-state index contributed by atoms with van der Waals surface area (Å²) in [4.78, 5) is 23.0. The molecule has 0 bridgehead atoms. The lowest BCUT2D eigenvalue weighted by atomic mass is 10.0. The maximum atomic E-state index is 11.6. The van der Waals surface area contributed by atoms with E-state index in [-0.39, 0.29) is 18.1 Å². The van der Waals surface area contributed by atoms with E-state index in [2.05, 4.69) is 4.74 Å². The Labute approximate surface area is 99.4 Å². The molecule has 0 fully saturated rings. The summed E-state index contributed by atoms with van der Waals surface area (Å²) >= 11 is 5.50. The second-order valence-electron chi connectivity index (χ2n) is 3.44. The van der Waals surface area contributed by atoms with Gasteiger partial charge in [-0.2, -0.15) is 0 Å². The fourth-order valence-corrected chi connectivity index (χ4v) is 1.58. The number of methoxy groups -OCH3 is 1. The van der Waals surface area contributed by atoms with Gasteiger partial charge in [-0.05, 0) is 30.7 Å². The van der Waals surface area contributed by atoms with Gasteiger partial charge in [0.1, 0.15) is 0 Å². The monoisotopic (exact) mass is 240 g/mol. The molecule has 0 saturated carbocycles. The summed E-state index contributed by atoms with van der Waals surface area (Å²) in [5, 5.41) is 0. The number of hydrogen-bond donors (Lipinski definition) is 0. The fourth-order valence-electron chi connectivity index (χ4n) is 1.41. The summed E-state index contributed by atoms with van der Waals surface area (Å²) in [6, 6.07) is 4.96. The number of halogens is 1. The van der Waals surface area contributed by atoms with Crippen molar-refractivity contribution in [2.24, 2.45) is 0 Å². The van der Waals surface area contributed by atoms with Crippen LogP contribution in [0.5, 0.6) is 0 Å². The highest BCUT2D eigenvalue weighted by atomic mass is 35.5. The molecule has 0 unspecified atom stereocenters.